The van der Waals surface area contributed by atoms with Gasteiger partial charge in [0.15, 0.2) is 4.90 Å². The summed E-state index contributed by atoms with van der Waals surface area (Å²) in [6, 6.07) is 28.2. The van der Waals surface area contributed by atoms with Crippen LogP contribution in [0.1, 0.15) is 44.4 Å². The van der Waals surface area contributed by atoms with Gasteiger partial charge in [0.05, 0.1) is 23.5 Å². The number of fused-ring (bicyclic) bond motifs is 3. The van der Waals surface area contributed by atoms with Crippen LogP contribution in [0, 0.1) is 10.1 Å². The van der Waals surface area contributed by atoms with Gasteiger partial charge in [-0.25, -0.2) is 23.4 Å². The second kappa shape index (κ2) is 30.7. The zero-order chi connectivity index (χ0) is 67.1. The molecule has 3 saturated heterocycles. The summed E-state index contributed by atoms with van der Waals surface area (Å²) >= 11 is 42.3. The monoisotopic (exact) mass is 1430 g/mol. The van der Waals surface area contributed by atoms with Gasteiger partial charge in [-0.05, 0) is 102 Å². The predicted octanol–water partition coefficient (Wildman–Crippen LogP) is 13.8. The Kier molecular flexibility index (Phi) is 22.7. The lowest BCUT2D eigenvalue weighted by atomic mass is 10.0. The number of amides is 1. The molecule has 13 rings (SSSR count). The van der Waals surface area contributed by atoms with Gasteiger partial charge >= 0.3 is 0 Å². The lowest BCUT2D eigenvalue weighted by Crippen LogP contribution is -2.49. The van der Waals surface area contributed by atoms with Gasteiger partial charge in [0.2, 0.25) is 21.2 Å². The van der Waals surface area contributed by atoms with E-state index >= 15 is 0 Å². The van der Waals surface area contributed by atoms with Crippen molar-refractivity contribution >= 4 is 142 Å². The Labute approximate surface area is 579 Å². The number of nitro benzene ring substituents is 1. The summed E-state index contributed by atoms with van der Waals surface area (Å²) in [4.78, 5) is 53.5. The Bertz CT molecular complexity index is 4560. The molecular weight excluding hydrogens is 1370 g/mol. The van der Waals surface area contributed by atoms with Gasteiger partial charge in [-0.15, -0.1) is 0 Å². The number of nitrogens with zero attached hydrogens (tertiary/aromatic N) is 12. The Balaban J connectivity index is 0.000000152. The van der Waals surface area contributed by atoms with Gasteiger partial charge in [0.1, 0.15) is 34.4 Å². The molecule has 3 fully saturated rings. The highest BCUT2D eigenvalue weighted by Gasteiger charge is 2.34. The average Bonchev–Trinajstić information content (AvgIpc) is 1.43. The molecule has 0 aliphatic carbocycles. The maximum absolute atomic E-state index is 13.2. The fourth-order valence-corrected chi connectivity index (χ4v) is 14.8. The average molecular weight is 1430 g/mol. The molecule has 0 spiro atoms. The first kappa shape index (κ1) is 69.6. The van der Waals surface area contributed by atoms with E-state index in [1.54, 1.807) is 37.4 Å². The molecule has 3 aliphatic rings. The van der Waals surface area contributed by atoms with Crippen LogP contribution in [0.2, 0.25) is 30.1 Å². The number of halogens is 7. The molecule has 4 aromatic carbocycles. The van der Waals surface area contributed by atoms with Crippen LogP contribution in [0.3, 0.4) is 0 Å². The summed E-state index contributed by atoms with van der Waals surface area (Å²) in [6.07, 6.45) is 13.5. The maximum atomic E-state index is 13.2. The number of aromatic nitrogens is 6. The Morgan fingerprint density at radius 3 is 1.29 bits per heavy atom. The number of rotatable bonds is 12. The summed E-state index contributed by atoms with van der Waals surface area (Å²) < 4.78 is 33.9. The number of nitrogens with two attached hydrogens (primary N) is 1. The molecule has 492 valence electrons. The molecule has 3 N–H and O–H groups in total. The van der Waals surface area contributed by atoms with Crippen molar-refractivity contribution in [3.63, 3.8) is 0 Å². The molecule has 28 heteroatoms. The molecule has 0 atom stereocenters. The number of para-hydroxylation sites is 1. The number of nitrogens with one attached hydrogen (secondary N) is 1. The highest BCUT2D eigenvalue weighted by atomic mass is 35.5. The van der Waals surface area contributed by atoms with Crippen molar-refractivity contribution in [2.24, 2.45) is 5.73 Å². The van der Waals surface area contributed by atoms with Gasteiger partial charge in [-0.3, -0.25) is 32.9 Å². The molecule has 0 unspecified atom stereocenters. The van der Waals surface area contributed by atoms with Gasteiger partial charge in [0, 0.05) is 187 Å². The summed E-state index contributed by atoms with van der Waals surface area (Å²) in [6.45, 7) is 15.6. The number of anilines is 3. The number of hydrogen-bond donors (Lipinski definition) is 2. The molecule has 0 saturated carbocycles. The van der Waals surface area contributed by atoms with E-state index in [2.05, 4.69) is 81.5 Å². The first-order valence-electron chi connectivity index (χ1n) is 30.3. The van der Waals surface area contributed by atoms with E-state index in [9.17, 15) is 28.1 Å². The van der Waals surface area contributed by atoms with Crippen LogP contribution in [0.25, 0.3) is 50.3 Å². The van der Waals surface area contributed by atoms with Crippen molar-refractivity contribution in [2.75, 3.05) is 93.2 Å². The summed E-state index contributed by atoms with van der Waals surface area (Å²) in [5.74, 6) is 3.07. The van der Waals surface area contributed by atoms with Crippen LogP contribution in [-0.4, -0.2) is 140 Å². The number of hydrogen-bond acceptors (Lipinski definition) is 14. The van der Waals surface area contributed by atoms with E-state index in [0.29, 0.717) is 62.9 Å². The Morgan fingerprint density at radius 2 is 0.915 bits per heavy atom. The number of imidazole rings is 3. The zero-order valence-corrected chi connectivity index (χ0v) is 57.9. The van der Waals surface area contributed by atoms with Crippen LogP contribution < -0.4 is 25.8 Å². The van der Waals surface area contributed by atoms with E-state index in [1.807, 2.05) is 76.6 Å². The van der Waals surface area contributed by atoms with E-state index in [0.717, 1.165) is 131 Å². The minimum atomic E-state index is -4.02. The Hall–Kier alpha value is -7.25. The largest absolute Gasteiger partial charge is 0.354 e. The lowest BCUT2D eigenvalue weighted by Gasteiger charge is -2.35. The number of pyridine rings is 3. The van der Waals surface area contributed by atoms with E-state index < -0.39 is 20.6 Å². The van der Waals surface area contributed by atoms with Gasteiger partial charge in [-0.2, -0.15) is 4.31 Å². The van der Waals surface area contributed by atoms with E-state index in [4.69, 9.17) is 75.3 Å². The highest BCUT2D eigenvalue weighted by molar-refractivity contribution is 7.89. The number of piperazine rings is 3. The molecule has 3 aliphatic heterocycles. The zero-order valence-electron chi connectivity index (χ0n) is 51.8. The number of aryl methyl sites for hydroxylation is 2. The molecule has 20 nitrogen and oxygen atoms in total. The maximum Gasteiger partial charge on any atom is 0.289 e. The molecule has 10 aromatic rings. The van der Waals surface area contributed by atoms with E-state index in [1.165, 1.54) is 41.1 Å². The van der Waals surface area contributed by atoms with Crippen LogP contribution in [0.5, 0.6) is 0 Å². The molecule has 0 bridgehead atoms. The Morgan fingerprint density at radius 1 is 0.543 bits per heavy atom. The minimum absolute atomic E-state index is 0.116. The molecule has 1 amide bonds. The number of sulfonamides is 1. The van der Waals surface area contributed by atoms with Crippen molar-refractivity contribution in [1.82, 2.24) is 42.7 Å². The van der Waals surface area contributed by atoms with Gasteiger partial charge in [-0.1, -0.05) is 114 Å². The first-order valence-corrected chi connectivity index (χ1v) is 34.3. The summed E-state index contributed by atoms with van der Waals surface area (Å²) in [5, 5.41) is 18.0. The normalized spacial score (nSPS) is 14.5. The smallest absolute Gasteiger partial charge is 0.289 e. The van der Waals surface area contributed by atoms with Crippen LogP contribution >= 0.6 is 81.2 Å². The third-order valence-electron chi connectivity index (χ3n) is 16.5. The predicted molar refractivity (Wildman–Crippen MR) is 379 cm³/mol. The fourth-order valence-electron chi connectivity index (χ4n) is 11.7. The number of benzene rings is 4. The van der Waals surface area contributed by atoms with Crippen LogP contribution in [0.4, 0.5) is 23.1 Å². The number of carbonyl (C=O) groups is 2. The minimum Gasteiger partial charge on any atom is -0.354 e. The van der Waals surface area contributed by atoms with Crippen molar-refractivity contribution in [1.29, 1.82) is 0 Å². The summed E-state index contributed by atoms with van der Waals surface area (Å²) in [7, 11) is -4.02. The first-order chi connectivity index (χ1) is 45.1. The lowest BCUT2D eigenvalue weighted by molar-refractivity contribution is -0.387. The van der Waals surface area contributed by atoms with Crippen molar-refractivity contribution in [2.45, 2.75) is 52.0 Å². The quantitative estimate of drug-likeness (QED) is 0.0661. The number of carbonyl (C=O) groups excluding carboxylic acids is 2. The molecule has 6 aromatic heterocycles. The molecule has 94 heavy (non-hydrogen) atoms. The molecule has 9 heterocycles. The van der Waals surface area contributed by atoms with Gasteiger partial charge < -0.3 is 30.7 Å². The molecule has 0 radical (unpaired) electrons. The van der Waals surface area contributed by atoms with E-state index in [-0.39, 0.29) is 29.1 Å². The third kappa shape index (κ3) is 15.5. The fraction of sp³-hybridized carbons (Fsp3) is 0.288. The topological polar surface area (TPSA) is 218 Å². The SMILES string of the molecule is CC(=O)Cl.CC(=O)N1CCN(c2cnc3cc(CN)c(-c4ccc(Cl)cc4Cl)cn23)CC1.CCc1cc2ncc(N3CCN(S(=O)(=O)c4ccccc4[N+](=O)[O-])CC3)n2cc1-c1ccc(Cl)cc1Cl.CCc1cc2ncc(N3CCNCC3)n2cc1-c1ccc(Cl)cc1Cl. The van der Waals surface area contributed by atoms with Crippen molar-refractivity contribution in [3.05, 3.63) is 191 Å². The highest BCUT2D eigenvalue weighted by Crippen LogP contribution is 2.39. The third-order valence-corrected chi connectivity index (χ3v) is 20.1. The number of nitro groups is 1. The standard InChI is InChI=1S/C25H23Cl2N5O4S.C20H21Cl2N5O.C19H20Cl2N4.C2H3ClO/c1-2-17-13-24-28-15-25(31(24)16-20(17)19-8-7-18(26)14-21(19)27)29-9-11-30(12-10-29)37(35,36)23-6-4-3-5-22(23)32(33)34;1-13(28)25-4-6-26(7-5-25)20-11-24-19-8-14(10-23)17(12-27(19)20)16-3-2-15(21)9-18(16)22;1-2-13-9-18-23-11-19(24-7-5-22-6-8-24)25(18)12-16(13)15-4-3-14(20)10-17(15)21;1-2(3)4/h3-8,13-16H,2,9-12H2,1H3;2-3,8-9,11-12H,4-7,10,23H2,1H3;3-4,9-12,22H,2,5-8H2,1H3;1H3. The van der Waals surface area contributed by atoms with Gasteiger partial charge in [0.25, 0.3) is 5.69 Å². The summed E-state index contributed by atoms with van der Waals surface area (Å²) in [5.41, 5.74) is 17.2. The molecular formula is C66H67Cl7N14O6S. The van der Waals surface area contributed by atoms with Crippen LogP contribution in [0.15, 0.2) is 139 Å². The van der Waals surface area contributed by atoms with Crippen molar-refractivity contribution in [3.8, 4) is 33.4 Å². The second-order valence-electron chi connectivity index (χ2n) is 22.3. The van der Waals surface area contributed by atoms with Crippen molar-refractivity contribution < 1.29 is 22.9 Å². The van der Waals surface area contributed by atoms with Crippen LogP contribution in [-0.2, 0) is 39.0 Å². The second-order valence-corrected chi connectivity index (χ2v) is 27.2.